The predicted octanol–water partition coefficient (Wildman–Crippen LogP) is 5.24. The number of furan rings is 1. The molecule has 0 aliphatic carbocycles. The van der Waals surface area contributed by atoms with Gasteiger partial charge in [-0.1, -0.05) is 60.3 Å². The summed E-state index contributed by atoms with van der Waals surface area (Å²) in [6, 6.07) is 20.2. The van der Waals surface area contributed by atoms with E-state index >= 15 is 0 Å². The first-order valence-corrected chi connectivity index (χ1v) is 12.2. The number of carbonyl (C=O) groups excluding carboxylic acids is 2. The molecule has 3 aromatic rings. The molecule has 0 spiro atoms. The maximum absolute atomic E-state index is 12.7. The molecule has 8 nitrogen and oxygen atoms in total. The molecule has 174 valence electrons. The Balaban J connectivity index is 1.39. The summed E-state index contributed by atoms with van der Waals surface area (Å²) in [5, 5.41) is 9.65. The van der Waals surface area contributed by atoms with Crippen molar-refractivity contribution >= 4 is 57.8 Å². The zero-order valence-electron chi connectivity index (χ0n) is 18.4. The van der Waals surface area contributed by atoms with Gasteiger partial charge in [-0.15, -0.1) is 0 Å². The zero-order valence-corrected chi connectivity index (χ0v) is 20.1. The number of amides is 1. The highest BCUT2D eigenvalue weighted by Gasteiger charge is 2.37. The third-order valence-electron chi connectivity index (χ3n) is 5.22. The summed E-state index contributed by atoms with van der Waals surface area (Å²) in [5.41, 5.74) is 2.15. The number of esters is 1. The molecule has 0 bridgehead atoms. The van der Waals surface area contributed by atoms with E-state index in [1.54, 1.807) is 41.3 Å². The van der Waals surface area contributed by atoms with Crippen molar-refractivity contribution in [2.24, 2.45) is 9.39 Å². The van der Waals surface area contributed by atoms with Crippen LogP contribution in [0.15, 0.2) is 86.1 Å². The Hall–Kier alpha value is -3.89. The number of nitrogens with one attached hydrogen (secondary N) is 1. The van der Waals surface area contributed by atoms with Crippen LogP contribution in [0, 0.1) is 5.41 Å². The lowest BCUT2D eigenvalue weighted by atomic mass is 10.1. The second kappa shape index (κ2) is 9.77. The van der Waals surface area contributed by atoms with Gasteiger partial charge in [-0.3, -0.25) is 10.2 Å². The lowest BCUT2D eigenvalue weighted by molar-refractivity contribution is -0.114. The number of aliphatic imine (C=N–C) groups is 1. The minimum atomic E-state index is -0.536. The van der Waals surface area contributed by atoms with Gasteiger partial charge in [0.1, 0.15) is 17.4 Å². The smallest absolute Gasteiger partial charge is 0.338 e. The molecule has 3 heterocycles. The summed E-state index contributed by atoms with van der Waals surface area (Å²) in [4.78, 5) is 30.5. The van der Waals surface area contributed by atoms with Gasteiger partial charge in [0.05, 0.1) is 30.2 Å². The van der Waals surface area contributed by atoms with Gasteiger partial charge in [-0.25, -0.2) is 9.69 Å². The topological polar surface area (TPSA) is 108 Å². The second-order valence-corrected chi connectivity index (χ2v) is 9.09. The van der Waals surface area contributed by atoms with Crippen molar-refractivity contribution in [1.82, 2.24) is 4.90 Å². The van der Waals surface area contributed by atoms with E-state index in [0.717, 1.165) is 17.5 Å². The van der Waals surface area contributed by atoms with Crippen molar-refractivity contribution in [3.05, 3.63) is 89.2 Å². The van der Waals surface area contributed by atoms with Gasteiger partial charge in [0.25, 0.3) is 5.91 Å². The van der Waals surface area contributed by atoms with Crippen molar-refractivity contribution < 1.29 is 18.7 Å². The van der Waals surface area contributed by atoms with Gasteiger partial charge in [-0.2, -0.15) is 9.39 Å². The van der Waals surface area contributed by atoms with Crippen molar-refractivity contribution in [3.8, 4) is 11.3 Å². The number of amidine groups is 3. The van der Waals surface area contributed by atoms with Crippen LogP contribution in [-0.4, -0.2) is 40.1 Å². The van der Waals surface area contributed by atoms with E-state index in [-0.39, 0.29) is 11.4 Å². The van der Waals surface area contributed by atoms with Gasteiger partial charge < -0.3 is 9.15 Å². The molecule has 0 fully saturated rings. The standard InChI is InChI=1S/C25H18N4O4S2/c1-32-23(31)18-10-6-5-9-17(18)20-12-11-16(33-20)13-19-21(26)29-24(27-22(19)30)35-28-25(29)34-14-15-7-3-2-4-8-15/h2-13,26H,14H2,1H3/b19-13-,26-21?. The Labute approximate surface area is 209 Å². The normalized spacial score (nSPS) is 16.3. The van der Waals surface area contributed by atoms with Crippen molar-refractivity contribution in [3.63, 3.8) is 0 Å². The monoisotopic (exact) mass is 502 g/mol. The molecule has 0 saturated heterocycles. The van der Waals surface area contributed by atoms with E-state index in [2.05, 4.69) is 9.39 Å². The molecule has 2 aliphatic heterocycles. The molecule has 0 saturated carbocycles. The molecule has 0 radical (unpaired) electrons. The molecule has 1 amide bonds. The van der Waals surface area contributed by atoms with Crippen LogP contribution in [-0.2, 0) is 15.3 Å². The summed E-state index contributed by atoms with van der Waals surface area (Å²) in [6.45, 7) is 0. The van der Waals surface area contributed by atoms with E-state index in [0.29, 0.717) is 38.7 Å². The number of rotatable bonds is 5. The Kier molecular flexibility index (Phi) is 6.39. The molecule has 35 heavy (non-hydrogen) atoms. The maximum atomic E-state index is 12.7. The second-order valence-electron chi connectivity index (χ2n) is 7.42. The fourth-order valence-electron chi connectivity index (χ4n) is 3.52. The molecule has 0 unspecified atom stereocenters. The third-order valence-corrected chi connectivity index (χ3v) is 7.04. The van der Waals surface area contributed by atoms with Crippen LogP contribution in [0.3, 0.4) is 0 Å². The fraction of sp³-hybridized carbons (Fsp3) is 0.0800. The number of nitrogens with zero attached hydrogens (tertiary/aromatic N) is 3. The van der Waals surface area contributed by atoms with E-state index in [1.165, 1.54) is 24.9 Å². The number of carbonyl (C=O) groups is 2. The van der Waals surface area contributed by atoms with E-state index in [1.807, 2.05) is 30.3 Å². The van der Waals surface area contributed by atoms with Gasteiger partial charge in [0.15, 0.2) is 5.17 Å². The summed E-state index contributed by atoms with van der Waals surface area (Å²) in [6.07, 6.45) is 1.48. The minimum Gasteiger partial charge on any atom is -0.465 e. The Bertz CT molecular complexity index is 1430. The first-order valence-electron chi connectivity index (χ1n) is 10.5. The predicted molar refractivity (Wildman–Crippen MR) is 138 cm³/mol. The van der Waals surface area contributed by atoms with Crippen LogP contribution >= 0.6 is 23.7 Å². The van der Waals surface area contributed by atoms with Crippen LogP contribution < -0.4 is 0 Å². The third kappa shape index (κ3) is 4.58. The number of fused-ring (bicyclic) bond motifs is 1. The molecule has 2 aliphatic rings. The summed E-state index contributed by atoms with van der Waals surface area (Å²) >= 11 is 2.55. The quantitative estimate of drug-likeness (QED) is 0.289. The summed E-state index contributed by atoms with van der Waals surface area (Å²) < 4.78 is 15.2. The summed E-state index contributed by atoms with van der Waals surface area (Å²) in [7, 11) is 1.32. The van der Waals surface area contributed by atoms with Gasteiger partial charge >= 0.3 is 5.97 Å². The van der Waals surface area contributed by atoms with Crippen molar-refractivity contribution in [2.45, 2.75) is 5.75 Å². The minimum absolute atomic E-state index is 0.0165. The average molecular weight is 503 g/mol. The highest BCUT2D eigenvalue weighted by atomic mass is 32.2. The lowest BCUT2D eigenvalue weighted by Crippen LogP contribution is -2.41. The molecular weight excluding hydrogens is 484 g/mol. The SMILES string of the molecule is COC(=O)c1ccccc1-c1ccc(/C=C2/C(=N)N3C(SCc4ccccc4)=NSC3=NC2=O)o1. The first-order chi connectivity index (χ1) is 17.0. The van der Waals surface area contributed by atoms with Gasteiger partial charge in [0.2, 0.25) is 5.17 Å². The number of hydrogen-bond acceptors (Lipinski definition) is 8. The zero-order chi connectivity index (χ0) is 24.4. The number of thioether (sulfide) groups is 1. The number of methoxy groups -OCH3 is 1. The Morgan fingerprint density at radius 1 is 1.14 bits per heavy atom. The molecular formula is C25H18N4O4S2. The number of ether oxygens (including phenoxy) is 1. The van der Waals surface area contributed by atoms with Crippen LogP contribution in [0.5, 0.6) is 0 Å². The highest BCUT2D eigenvalue weighted by Crippen LogP contribution is 2.34. The Morgan fingerprint density at radius 2 is 1.91 bits per heavy atom. The molecule has 2 aromatic carbocycles. The van der Waals surface area contributed by atoms with Crippen LogP contribution in [0.25, 0.3) is 17.4 Å². The van der Waals surface area contributed by atoms with Crippen LogP contribution in [0.2, 0.25) is 0 Å². The Morgan fingerprint density at radius 3 is 2.71 bits per heavy atom. The molecule has 1 aromatic heterocycles. The van der Waals surface area contributed by atoms with Gasteiger partial charge in [-0.05, 0) is 29.8 Å². The molecule has 5 rings (SSSR count). The maximum Gasteiger partial charge on any atom is 0.338 e. The van der Waals surface area contributed by atoms with E-state index in [4.69, 9.17) is 14.6 Å². The number of hydrogen-bond donors (Lipinski definition) is 1. The fourth-order valence-corrected chi connectivity index (χ4v) is 5.32. The lowest BCUT2D eigenvalue weighted by Gasteiger charge is -2.24. The highest BCUT2D eigenvalue weighted by molar-refractivity contribution is 8.18. The number of benzene rings is 2. The van der Waals surface area contributed by atoms with E-state index in [9.17, 15) is 9.59 Å². The average Bonchev–Trinajstić information content (AvgIpc) is 3.52. The first kappa shape index (κ1) is 22.9. The van der Waals surface area contributed by atoms with Gasteiger partial charge in [0, 0.05) is 11.3 Å². The van der Waals surface area contributed by atoms with Crippen LogP contribution in [0.4, 0.5) is 0 Å². The summed E-state index contributed by atoms with van der Waals surface area (Å²) in [5.74, 6) is 0.437. The molecule has 0 atom stereocenters. The van der Waals surface area contributed by atoms with Crippen molar-refractivity contribution in [1.29, 1.82) is 5.41 Å². The van der Waals surface area contributed by atoms with Crippen molar-refractivity contribution in [2.75, 3.05) is 7.11 Å². The van der Waals surface area contributed by atoms with Crippen LogP contribution in [0.1, 0.15) is 21.7 Å². The molecule has 1 N–H and O–H groups in total. The molecule has 10 heteroatoms. The largest absolute Gasteiger partial charge is 0.465 e. The van der Waals surface area contributed by atoms with E-state index < -0.39 is 11.9 Å².